The Hall–Kier alpha value is -3.11. The van der Waals surface area contributed by atoms with Gasteiger partial charge in [0.25, 0.3) is 0 Å². The summed E-state index contributed by atoms with van der Waals surface area (Å²) in [7, 11) is -4.44. The first-order valence-electron chi connectivity index (χ1n) is 8.35. The van der Waals surface area contributed by atoms with Crippen LogP contribution in [0.25, 0.3) is 0 Å². The Morgan fingerprint density at radius 1 is 0.625 bits per heavy atom. The zero-order valence-corrected chi connectivity index (χ0v) is 17.5. The van der Waals surface area contributed by atoms with Crippen molar-refractivity contribution >= 4 is 43.4 Å². The van der Waals surface area contributed by atoms with Crippen LogP contribution in [0.15, 0.2) is 0 Å². The summed E-state index contributed by atoms with van der Waals surface area (Å²) in [4.78, 5) is 77.1. The molecule has 32 heavy (non-hydrogen) atoms. The molecule has 0 aromatic rings. The van der Waals surface area contributed by atoms with Gasteiger partial charge in [-0.05, 0) is 6.42 Å². The van der Waals surface area contributed by atoms with Gasteiger partial charge in [0.05, 0.1) is 13.1 Å². The van der Waals surface area contributed by atoms with Crippen molar-refractivity contribution in [2.45, 2.75) is 19.3 Å². The van der Waals surface area contributed by atoms with Gasteiger partial charge in [0.1, 0.15) is 6.29 Å². The standard InChI is InChI=1S/C5H10NO7P.C5H8O4.C4H7NO4/c7-4(8)1-6(2-5(9)10)3-14(11,12)13;6-4(7)2-1-3-5(8)9;6-3(7)1-5-2-4(8)9/h1-3H2,(H,7,8)(H,9,10)(H2,11,12,13);1-3H2,(H,6,7)(H,8,9);5H,1-2H2,(H,6,7)(H,8,9)/p+1. The maximum atomic E-state index is 10.5. The zero-order chi connectivity index (χ0) is 25.9. The predicted octanol–water partition coefficient (Wildman–Crippen LogP) is -3.36. The molecule has 0 unspecified atom stereocenters. The molecule has 0 saturated heterocycles. The van der Waals surface area contributed by atoms with Crippen molar-refractivity contribution in [1.29, 1.82) is 0 Å². The van der Waals surface area contributed by atoms with Crippen LogP contribution in [0.4, 0.5) is 0 Å². The SMILES string of the molecule is O=C(O)CCCC(=O)O.O=C(O)CN(CC(=O)O)CP(=O)(O)O.O=C(O)C[NH2+]CC(=O)O. The van der Waals surface area contributed by atoms with Crippen LogP contribution in [0.5, 0.6) is 0 Å². The van der Waals surface area contributed by atoms with Crippen molar-refractivity contribution < 1.29 is 79.1 Å². The van der Waals surface area contributed by atoms with E-state index in [1.165, 1.54) is 5.32 Å². The third-order valence-electron chi connectivity index (χ3n) is 2.52. The summed E-state index contributed by atoms with van der Waals surface area (Å²) in [5.41, 5.74) is 0. The average molecular weight is 493 g/mol. The highest BCUT2D eigenvalue weighted by molar-refractivity contribution is 7.51. The molecule has 18 heteroatoms. The summed E-state index contributed by atoms with van der Waals surface area (Å²) in [5.74, 6) is -6.60. The van der Waals surface area contributed by atoms with Gasteiger partial charge in [-0.1, -0.05) is 0 Å². The minimum absolute atomic E-state index is 0.0632. The molecule has 0 spiro atoms. The predicted molar refractivity (Wildman–Crippen MR) is 99.8 cm³/mol. The molecule has 186 valence electrons. The third-order valence-corrected chi connectivity index (χ3v) is 3.29. The molecule has 0 bridgehead atoms. The van der Waals surface area contributed by atoms with Crippen LogP contribution in [-0.2, 0) is 33.3 Å². The molecule has 0 amide bonds. The number of hydrogen-bond donors (Lipinski definition) is 9. The van der Waals surface area contributed by atoms with E-state index in [0.717, 1.165) is 0 Å². The molecule has 10 N–H and O–H groups in total. The van der Waals surface area contributed by atoms with Crippen LogP contribution in [-0.4, -0.2) is 114 Å². The summed E-state index contributed by atoms with van der Waals surface area (Å²) in [5, 5.41) is 49.9. The Kier molecular flexibility index (Phi) is 19.5. The molecular weight excluding hydrogens is 467 g/mol. The molecule has 0 aromatic carbocycles. The normalized spacial score (nSPS) is 10.1. The maximum Gasteiger partial charge on any atom is 0.359 e. The van der Waals surface area contributed by atoms with Gasteiger partial charge >= 0.3 is 43.4 Å². The average Bonchev–Trinajstić information content (AvgIpc) is 2.51. The fourth-order valence-corrected chi connectivity index (χ4v) is 2.23. The summed E-state index contributed by atoms with van der Waals surface area (Å²) in [6.45, 7) is -1.83. The lowest BCUT2D eigenvalue weighted by Gasteiger charge is -2.17. The van der Waals surface area contributed by atoms with Gasteiger partial charge in [-0.25, -0.2) is 9.59 Å². The van der Waals surface area contributed by atoms with Crippen LogP contribution in [0.2, 0.25) is 0 Å². The molecule has 0 aliphatic heterocycles. The van der Waals surface area contributed by atoms with Crippen molar-refractivity contribution in [2.24, 2.45) is 0 Å². The number of hydrogen-bond acceptors (Lipinski definition) is 8. The lowest BCUT2D eigenvalue weighted by molar-refractivity contribution is -0.635. The van der Waals surface area contributed by atoms with Crippen LogP contribution in [0, 0.1) is 0 Å². The minimum Gasteiger partial charge on any atom is -0.481 e. The van der Waals surface area contributed by atoms with E-state index < -0.39 is 62.8 Å². The number of carboxylic acid groups (broad SMARTS) is 6. The van der Waals surface area contributed by atoms with Crippen LogP contribution < -0.4 is 5.32 Å². The second-order valence-corrected chi connectivity index (χ2v) is 7.32. The first-order valence-corrected chi connectivity index (χ1v) is 10.1. The van der Waals surface area contributed by atoms with E-state index in [4.69, 9.17) is 40.4 Å². The second-order valence-electron chi connectivity index (χ2n) is 5.71. The van der Waals surface area contributed by atoms with E-state index in [9.17, 15) is 33.3 Å². The van der Waals surface area contributed by atoms with Crippen LogP contribution in [0.3, 0.4) is 0 Å². The number of nitrogens with two attached hydrogens (primary N) is 1. The van der Waals surface area contributed by atoms with E-state index in [0.29, 0.717) is 4.90 Å². The maximum absolute atomic E-state index is 10.5. The second kappa shape index (κ2) is 18.6. The highest BCUT2D eigenvalue weighted by Crippen LogP contribution is 2.34. The number of carbonyl (C=O) groups is 6. The zero-order valence-electron chi connectivity index (χ0n) is 16.6. The van der Waals surface area contributed by atoms with Gasteiger partial charge in [0, 0.05) is 12.8 Å². The Morgan fingerprint density at radius 3 is 1.19 bits per heavy atom. The van der Waals surface area contributed by atoms with Crippen molar-refractivity contribution in [3.63, 3.8) is 0 Å². The van der Waals surface area contributed by atoms with Gasteiger partial charge in [0.15, 0.2) is 13.1 Å². The fraction of sp³-hybridized carbons (Fsp3) is 0.571. The van der Waals surface area contributed by atoms with Crippen LogP contribution in [0.1, 0.15) is 19.3 Å². The monoisotopic (exact) mass is 493 g/mol. The lowest BCUT2D eigenvalue weighted by atomic mass is 10.2. The molecule has 0 atom stereocenters. The van der Waals surface area contributed by atoms with Gasteiger partial charge in [-0.15, -0.1) is 0 Å². The molecule has 0 fully saturated rings. The largest absolute Gasteiger partial charge is 0.481 e. The number of quaternary nitrogens is 1. The molecule has 0 aliphatic carbocycles. The van der Waals surface area contributed by atoms with E-state index in [-0.39, 0.29) is 32.4 Å². The molecular formula is C14H26N2O15P+. The fourth-order valence-electron chi connectivity index (χ4n) is 1.51. The smallest absolute Gasteiger partial charge is 0.359 e. The molecule has 0 heterocycles. The third kappa shape index (κ3) is 37.6. The van der Waals surface area contributed by atoms with Gasteiger partial charge in [-0.3, -0.25) is 28.6 Å². The van der Waals surface area contributed by atoms with E-state index in [1.54, 1.807) is 0 Å². The van der Waals surface area contributed by atoms with Crippen LogP contribution >= 0.6 is 7.60 Å². The van der Waals surface area contributed by atoms with Gasteiger partial charge < -0.3 is 45.7 Å². The quantitative estimate of drug-likeness (QED) is 0.107. The molecule has 17 nitrogen and oxygen atoms in total. The number of aliphatic carboxylic acids is 6. The van der Waals surface area contributed by atoms with Crippen molar-refractivity contribution in [2.75, 3.05) is 32.5 Å². The summed E-state index contributed by atoms with van der Waals surface area (Å²) >= 11 is 0. The molecule has 0 saturated carbocycles. The van der Waals surface area contributed by atoms with Crippen molar-refractivity contribution in [3.05, 3.63) is 0 Å². The van der Waals surface area contributed by atoms with Gasteiger partial charge in [-0.2, -0.15) is 0 Å². The van der Waals surface area contributed by atoms with E-state index in [1.807, 2.05) is 0 Å². The van der Waals surface area contributed by atoms with Gasteiger partial charge in [0.2, 0.25) is 0 Å². The van der Waals surface area contributed by atoms with Crippen molar-refractivity contribution in [1.82, 2.24) is 4.90 Å². The first-order chi connectivity index (χ1) is 14.5. The van der Waals surface area contributed by atoms with E-state index in [2.05, 4.69) is 0 Å². The summed E-state index contributed by atoms with van der Waals surface area (Å²) in [6, 6.07) is 0. The molecule has 0 aliphatic rings. The number of rotatable bonds is 14. The topological polar surface area (TPSA) is 301 Å². The van der Waals surface area contributed by atoms with Crippen molar-refractivity contribution in [3.8, 4) is 0 Å². The molecule has 0 aromatic heterocycles. The van der Waals surface area contributed by atoms with E-state index >= 15 is 0 Å². The number of carboxylic acids is 6. The highest BCUT2D eigenvalue weighted by Gasteiger charge is 2.22. The highest BCUT2D eigenvalue weighted by atomic mass is 31.2. The molecule has 0 radical (unpaired) electrons. The Labute approximate surface area is 180 Å². The Balaban J connectivity index is -0.000000411. The minimum atomic E-state index is -4.44. The summed E-state index contributed by atoms with van der Waals surface area (Å²) < 4.78 is 10.5. The number of nitrogens with zero attached hydrogens (tertiary/aromatic N) is 1. The Morgan fingerprint density at radius 2 is 0.969 bits per heavy atom. The Bertz CT molecular complexity index is 616. The molecule has 0 rings (SSSR count). The summed E-state index contributed by atoms with van der Waals surface area (Å²) in [6.07, 6.45) is -0.797. The lowest BCUT2D eigenvalue weighted by Crippen LogP contribution is -2.87. The first kappa shape index (κ1) is 33.5.